The number of rotatable bonds is 5. The third kappa shape index (κ3) is 3.05. The highest BCUT2D eigenvalue weighted by molar-refractivity contribution is 7.99. The summed E-state index contributed by atoms with van der Waals surface area (Å²) in [6.07, 6.45) is 1.71. The van der Waals surface area contributed by atoms with Crippen molar-refractivity contribution >= 4 is 17.4 Å². The molecule has 0 bridgehead atoms. The molecule has 3 heterocycles. The van der Waals surface area contributed by atoms with Crippen molar-refractivity contribution < 1.29 is 0 Å². The number of hydrogen-bond donors (Lipinski definition) is 0. The Morgan fingerprint density at radius 3 is 2.76 bits per heavy atom. The standard InChI is InChI=1S/C16H15N7OS/c1-12-5-7-13(8-6-12)23-15(17-19-20-23)25-11-10-22-16(24)21-9-3-2-4-14(21)18-22/h2-9H,10-11H2,1H3. The van der Waals surface area contributed by atoms with Gasteiger partial charge in [-0.15, -0.1) is 10.2 Å². The lowest BCUT2D eigenvalue weighted by molar-refractivity contribution is 0.638. The molecule has 4 aromatic rings. The van der Waals surface area contributed by atoms with Crippen molar-refractivity contribution in [3.63, 3.8) is 0 Å². The molecule has 0 amide bonds. The van der Waals surface area contributed by atoms with E-state index in [9.17, 15) is 4.79 Å². The fourth-order valence-electron chi connectivity index (χ4n) is 2.45. The number of hydrogen-bond acceptors (Lipinski definition) is 6. The number of nitrogens with zero attached hydrogens (tertiary/aromatic N) is 7. The molecule has 0 aliphatic carbocycles. The van der Waals surface area contributed by atoms with Gasteiger partial charge in [-0.3, -0.25) is 4.40 Å². The smallest absolute Gasteiger partial charge is 0.250 e. The van der Waals surface area contributed by atoms with Crippen LogP contribution in [-0.4, -0.2) is 40.1 Å². The fraction of sp³-hybridized carbons (Fsp3) is 0.188. The second kappa shape index (κ2) is 6.52. The third-order valence-corrected chi connectivity index (χ3v) is 4.64. The van der Waals surface area contributed by atoms with Crippen LogP contribution in [0.3, 0.4) is 0 Å². The minimum Gasteiger partial charge on any atom is -0.250 e. The Kier molecular flexibility index (Phi) is 4.06. The van der Waals surface area contributed by atoms with Crippen LogP contribution in [0.2, 0.25) is 0 Å². The first-order valence-corrected chi connectivity index (χ1v) is 8.73. The molecule has 0 N–H and O–H groups in total. The molecule has 8 nitrogen and oxygen atoms in total. The molecule has 4 rings (SSSR count). The molecule has 3 aromatic heterocycles. The van der Waals surface area contributed by atoms with Crippen molar-refractivity contribution in [2.24, 2.45) is 0 Å². The van der Waals surface area contributed by atoms with Crippen molar-refractivity contribution in [3.05, 3.63) is 64.7 Å². The third-order valence-electron chi connectivity index (χ3n) is 3.74. The molecule has 0 spiro atoms. The molecular formula is C16H15N7OS. The molecule has 0 atom stereocenters. The maximum absolute atomic E-state index is 12.2. The summed E-state index contributed by atoms with van der Waals surface area (Å²) in [6.45, 7) is 2.51. The van der Waals surface area contributed by atoms with Gasteiger partial charge in [-0.2, -0.15) is 4.68 Å². The van der Waals surface area contributed by atoms with Crippen LogP contribution >= 0.6 is 11.8 Å². The number of tetrazole rings is 1. The van der Waals surface area contributed by atoms with Crippen molar-refractivity contribution in [1.29, 1.82) is 0 Å². The van der Waals surface area contributed by atoms with Gasteiger partial charge in [0.25, 0.3) is 0 Å². The van der Waals surface area contributed by atoms with Crippen LogP contribution in [0, 0.1) is 6.92 Å². The van der Waals surface area contributed by atoms with Crippen LogP contribution in [0.1, 0.15) is 5.56 Å². The summed E-state index contributed by atoms with van der Waals surface area (Å²) in [5.74, 6) is 0.635. The maximum Gasteiger partial charge on any atom is 0.350 e. The van der Waals surface area contributed by atoms with Gasteiger partial charge >= 0.3 is 5.69 Å². The molecule has 0 saturated carbocycles. The summed E-state index contributed by atoms with van der Waals surface area (Å²) in [6, 6.07) is 13.5. The van der Waals surface area contributed by atoms with Gasteiger partial charge in [0.2, 0.25) is 5.16 Å². The second-order valence-electron chi connectivity index (χ2n) is 5.49. The van der Waals surface area contributed by atoms with Gasteiger partial charge in [0.1, 0.15) is 0 Å². The van der Waals surface area contributed by atoms with E-state index in [2.05, 4.69) is 20.6 Å². The van der Waals surface area contributed by atoms with Crippen LogP contribution in [0.25, 0.3) is 11.3 Å². The normalized spacial score (nSPS) is 11.2. The van der Waals surface area contributed by atoms with E-state index < -0.39 is 0 Å². The molecule has 0 fully saturated rings. The van der Waals surface area contributed by atoms with E-state index in [1.54, 1.807) is 10.9 Å². The number of benzene rings is 1. The summed E-state index contributed by atoms with van der Waals surface area (Å²) >= 11 is 1.48. The maximum atomic E-state index is 12.2. The molecule has 0 aliphatic rings. The Bertz CT molecular complexity index is 1060. The first-order valence-electron chi connectivity index (χ1n) is 7.75. The molecule has 25 heavy (non-hydrogen) atoms. The lowest BCUT2D eigenvalue weighted by Crippen LogP contribution is -2.22. The quantitative estimate of drug-likeness (QED) is 0.507. The zero-order valence-corrected chi connectivity index (χ0v) is 14.3. The van der Waals surface area contributed by atoms with Gasteiger partial charge in [0, 0.05) is 11.9 Å². The van der Waals surface area contributed by atoms with E-state index in [1.165, 1.54) is 26.4 Å². The van der Waals surface area contributed by atoms with E-state index in [4.69, 9.17) is 0 Å². The average molecular weight is 353 g/mol. The number of aryl methyl sites for hydroxylation is 2. The van der Waals surface area contributed by atoms with Gasteiger partial charge in [-0.05, 0) is 41.6 Å². The minimum atomic E-state index is -0.144. The Hall–Kier alpha value is -2.94. The number of pyridine rings is 1. The molecule has 0 aliphatic heterocycles. The summed E-state index contributed by atoms with van der Waals surface area (Å²) in [5, 5.41) is 16.9. The Morgan fingerprint density at radius 2 is 1.96 bits per heavy atom. The van der Waals surface area contributed by atoms with E-state index in [1.807, 2.05) is 49.4 Å². The second-order valence-corrected chi connectivity index (χ2v) is 6.55. The van der Waals surface area contributed by atoms with Crippen molar-refractivity contribution in [2.75, 3.05) is 5.75 Å². The van der Waals surface area contributed by atoms with E-state index in [0.29, 0.717) is 23.1 Å². The van der Waals surface area contributed by atoms with Crippen molar-refractivity contribution in [1.82, 2.24) is 34.4 Å². The largest absolute Gasteiger partial charge is 0.350 e. The van der Waals surface area contributed by atoms with Gasteiger partial charge in [-0.25, -0.2) is 9.48 Å². The SMILES string of the molecule is Cc1ccc(-n2nnnc2SCCn2nc3ccccn3c2=O)cc1. The topological polar surface area (TPSA) is 82.9 Å². The molecule has 0 unspecified atom stereocenters. The van der Waals surface area contributed by atoms with Crippen LogP contribution in [0.5, 0.6) is 0 Å². The van der Waals surface area contributed by atoms with Crippen molar-refractivity contribution in [3.8, 4) is 5.69 Å². The predicted molar refractivity (Wildman–Crippen MR) is 94.1 cm³/mol. The summed E-state index contributed by atoms with van der Waals surface area (Å²) < 4.78 is 4.68. The fourth-order valence-corrected chi connectivity index (χ4v) is 3.26. The van der Waals surface area contributed by atoms with Gasteiger partial charge in [0.05, 0.1) is 12.2 Å². The molecule has 9 heteroatoms. The zero-order valence-electron chi connectivity index (χ0n) is 13.5. The Balaban J connectivity index is 1.49. The van der Waals surface area contributed by atoms with Crippen LogP contribution < -0.4 is 5.69 Å². The number of fused-ring (bicyclic) bond motifs is 1. The minimum absolute atomic E-state index is 0.144. The molecule has 126 valence electrons. The average Bonchev–Trinajstić information content (AvgIpc) is 3.21. The molecule has 0 saturated heterocycles. The van der Waals surface area contributed by atoms with E-state index >= 15 is 0 Å². The highest BCUT2D eigenvalue weighted by Gasteiger charge is 2.10. The van der Waals surface area contributed by atoms with Crippen LogP contribution in [-0.2, 0) is 6.54 Å². The highest BCUT2D eigenvalue weighted by atomic mass is 32.2. The van der Waals surface area contributed by atoms with Crippen molar-refractivity contribution in [2.45, 2.75) is 18.6 Å². The first-order chi connectivity index (χ1) is 12.2. The van der Waals surface area contributed by atoms with E-state index in [-0.39, 0.29) is 5.69 Å². The van der Waals surface area contributed by atoms with Gasteiger partial charge in [0.15, 0.2) is 5.65 Å². The van der Waals surface area contributed by atoms with Gasteiger partial charge in [-0.1, -0.05) is 35.5 Å². The first kappa shape index (κ1) is 15.6. The Morgan fingerprint density at radius 1 is 1.12 bits per heavy atom. The summed E-state index contributed by atoms with van der Waals surface area (Å²) in [4.78, 5) is 12.2. The van der Waals surface area contributed by atoms with Gasteiger partial charge < -0.3 is 0 Å². The summed E-state index contributed by atoms with van der Waals surface area (Å²) in [5.41, 5.74) is 2.58. The highest BCUT2D eigenvalue weighted by Crippen LogP contribution is 2.18. The molecular weight excluding hydrogens is 338 g/mol. The lowest BCUT2D eigenvalue weighted by Gasteiger charge is -2.04. The molecule has 1 aromatic carbocycles. The lowest BCUT2D eigenvalue weighted by atomic mass is 10.2. The number of thioether (sulfide) groups is 1. The number of aromatic nitrogens is 7. The van der Waals surface area contributed by atoms with Crippen LogP contribution in [0.4, 0.5) is 0 Å². The van der Waals surface area contributed by atoms with E-state index in [0.717, 1.165) is 5.69 Å². The summed E-state index contributed by atoms with van der Waals surface area (Å²) in [7, 11) is 0. The molecule has 0 radical (unpaired) electrons. The predicted octanol–water partition coefficient (Wildman–Crippen LogP) is 1.57. The monoisotopic (exact) mass is 353 g/mol. The Labute approximate surface area is 147 Å². The zero-order chi connectivity index (χ0) is 17.2. The van der Waals surface area contributed by atoms with Crippen LogP contribution in [0.15, 0.2) is 58.6 Å².